The highest BCUT2D eigenvalue weighted by atomic mass is 16.5. The monoisotopic (exact) mass is 392 g/mol. The van der Waals surface area contributed by atoms with Crippen molar-refractivity contribution < 1.29 is 14.3 Å². The predicted octanol–water partition coefficient (Wildman–Crippen LogP) is 4.93. The first-order valence-electron chi connectivity index (χ1n) is 10.1. The van der Waals surface area contributed by atoms with Crippen molar-refractivity contribution in [2.45, 2.75) is 59.0 Å². The third-order valence-corrected chi connectivity index (χ3v) is 5.04. The van der Waals surface area contributed by atoms with Crippen LogP contribution in [0.1, 0.15) is 72.5 Å². The maximum absolute atomic E-state index is 12.3. The minimum Gasteiger partial charge on any atom is -0.489 e. The minimum atomic E-state index is -0.274. The number of benzene rings is 2. The van der Waals surface area contributed by atoms with E-state index >= 15 is 0 Å². The summed E-state index contributed by atoms with van der Waals surface area (Å²) in [7, 11) is 0. The van der Waals surface area contributed by atoms with E-state index in [1.165, 1.54) is 5.56 Å². The second-order valence-corrected chi connectivity index (χ2v) is 7.87. The van der Waals surface area contributed by atoms with E-state index in [-0.39, 0.29) is 11.7 Å². The average Bonchev–Trinajstić information content (AvgIpc) is 2.71. The normalized spacial score (nSPS) is 15.6. The van der Waals surface area contributed by atoms with Gasteiger partial charge in [-0.2, -0.15) is 5.10 Å². The predicted molar refractivity (Wildman–Crippen MR) is 114 cm³/mol. The molecule has 0 atom stereocenters. The molecule has 5 heteroatoms. The molecule has 3 rings (SSSR count). The van der Waals surface area contributed by atoms with Crippen LogP contribution < -0.4 is 10.2 Å². The van der Waals surface area contributed by atoms with Crippen LogP contribution in [0, 0.1) is 6.92 Å². The lowest BCUT2D eigenvalue weighted by Gasteiger charge is -2.15. The first-order chi connectivity index (χ1) is 13.9. The summed E-state index contributed by atoms with van der Waals surface area (Å²) in [4.78, 5) is 23.7. The molecule has 0 unspecified atom stereocenters. The van der Waals surface area contributed by atoms with Gasteiger partial charge in [-0.15, -0.1) is 0 Å². The Kier molecular flexibility index (Phi) is 6.81. The van der Waals surface area contributed by atoms with Gasteiger partial charge in [0.25, 0.3) is 5.91 Å². The molecule has 1 amide bonds. The quantitative estimate of drug-likeness (QED) is 0.709. The lowest BCUT2D eigenvalue weighted by atomic mass is 9.97. The number of hydrogen-bond donors (Lipinski definition) is 1. The van der Waals surface area contributed by atoms with Crippen molar-refractivity contribution in [3.05, 3.63) is 64.7 Å². The lowest BCUT2D eigenvalue weighted by Crippen LogP contribution is -2.22. The first-order valence-corrected chi connectivity index (χ1v) is 10.1. The summed E-state index contributed by atoms with van der Waals surface area (Å²) in [5, 5.41) is 4.11. The topological polar surface area (TPSA) is 67.8 Å². The van der Waals surface area contributed by atoms with Gasteiger partial charge in [0.2, 0.25) is 0 Å². The average molecular weight is 392 g/mol. The number of hydrogen-bond acceptors (Lipinski definition) is 4. The maximum atomic E-state index is 12.3. The fourth-order valence-corrected chi connectivity index (χ4v) is 3.34. The number of nitrogens with one attached hydrogen (secondary N) is 1. The zero-order valence-corrected chi connectivity index (χ0v) is 17.3. The number of hydrazone groups is 1. The van der Waals surface area contributed by atoms with Crippen LogP contribution in [0.4, 0.5) is 0 Å². The molecule has 2 aromatic carbocycles. The van der Waals surface area contributed by atoms with E-state index in [1.54, 1.807) is 12.1 Å². The molecule has 0 radical (unpaired) electrons. The molecule has 0 saturated heterocycles. The Morgan fingerprint density at radius 1 is 1.14 bits per heavy atom. The van der Waals surface area contributed by atoms with Crippen LogP contribution in [0.2, 0.25) is 0 Å². The fourth-order valence-electron chi connectivity index (χ4n) is 3.34. The molecule has 1 fully saturated rings. The summed E-state index contributed by atoms with van der Waals surface area (Å²) < 4.78 is 6.05. The molecule has 152 valence electrons. The van der Waals surface area contributed by atoms with Crippen LogP contribution in [0.5, 0.6) is 5.75 Å². The van der Waals surface area contributed by atoms with Crippen LogP contribution in [0.3, 0.4) is 0 Å². The Bertz CT molecular complexity index is 914. The van der Waals surface area contributed by atoms with E-state index in [0.29, 0.717) is 30.9 Å². The van der Waals surface area contributed by atoms with Crippen molar-refractivity contribution in [2.24, 2.45) is 5.10 Å². The summed E-state index contributed by atoms with van der Waals surface area (Å²) in [5.41, 5.74) is 7.17. The third-order valence-electron chi connectivity index (χ3n) is 5.04. The summed E-state index contributed by atoms with van der Waals surface area (Å²) in [6.07, 6.45) is 2.52. The van der Waals surface area contributed by atoms with Gasteiger partial charge in [-0.25, -0.2) is 5.43 Å². The largest absolute Gasteiger partial charge is 0.489 e. The van der Waals surface area contributed by atoms with Crippen molar-refractivity contribution >= 4 is 17.4 Å². The zero-order valence-electron chi connectivity index (χ0n) is 17.3. The molecule has 5 nitrogen and oxygen atoms in total. The number of ether oxygens (including phenoxy) is 1. The second-order valence-electron chi connectivity index (χ2n) is 7.87. The Morgan fingerprint density at radius 3 is 2.59 bits per heavy atom. The highest BCUT2D eigenvalue weighted by Gasteiger charge is 2.15. The Morgan fingerprint density at radius 2 is 1.90 bits per heavy atom. The van der Waals surface area contributed by atoms with E-state index < -0.39 is 0 Å². The molecule has 29 heavy (non-hydrogen) atoms. The molecule has 1 aliphatic rings. The number of carbonyl (C=O) groups excluding carboxylic acids is 2. The molecule has 0 aromatic heterocycles. The van der Waals surface area contributed by atoms with Gasteiger partial charge >= 0.3 is 0 Å². The summed E-state index contributed by atoms with van der Waals surface area (Å²) in [6, 6.07) is 13.6. The molecule has 1 saturated carbocycles. The van der Waals surface area contributed by atoms with Gasteiger partial charge in [-0.3, -0.25) is 9.59 Å². The zero-order chi connectivity index (χ0) is 20.8. The molecule has 2 aromatic rings. The van der Waals surface area contributed by atoms with Crippen molar-refractivity contribution in [2.75, 3.05) is 0 Å². The van der Waals surface area contributed by atoms with E-state index in [1.807, 2.05) is 12.1 Å². The Labute approximate surface area is 172 Å². The van der Waals surface area contributed by atoms with E-state index in [9.17, 15) is 9.59 Å². The van der Waals surface area contributed by atoms with Gasteiger partial charge in [0.15, 0.2) is 0 Å². The number of carbonyl (C=O) groups is 2. The SMILES string of the molecule is Cc1ccc(C(C)C)c(OCc2ccc(C(=O)NN=C3CCCC(=O)C3)cc2)c1. The van der Waals surface area contributed by atoms with Crippen LogP contribution in [-0.4, -0.2) is 17.4 Å². The van der Waals surface area contributed by atoms with Gasteiger partial charge in [0.05, 0.1) is 0 Å². The van der Waals surface area contributed by atoms with Crippen molar-refractivity contribution in [3.63, 3.8) is 0 Å². The Hall–Kier alpha value is -2.95. The minimum absolute atomic E-state index is 0.183. The number of Topliss-reactive ketones (excluding diaryl/α,β-unsaturated/α-hetero) is 1. The molecular weight excluding hydrogens is 364 g/mol. The smallest absolute Gasteiger partial charge is 0.271 e. The van der Waals surface area contributed by atoms with Crippen molar-refractivity contribution in [3.8, 4) is 5.75 Å². The highest BCUT2D eigenvalue weighted by Crippen LogP contribution is 2.28. The maximum Gasteiger partial charge on any atom is 0.271 e. The van der Waals surface area contributed by atoms with E-state index in [0.717, 1.165) is 35.4 Å². The molecule has 0 spiro atoms. The standard InChI is InChI=1S/C24H28N2O3/c1-16(2)22-12-7-17(3)13-23(22)29-15-18-8-10-19(11-9-18)24(28)26-25-20-5-4-6-21(27)14-20/h7-13,16H,4-6,14-15H2,1-3H3,(H,26,28). The van der Waals surface area contributed by atoms with Crippen LogP contribution in [-0.2, 0) is 11.4 Å². The van der Waals surface area contributed by atoms with Crippen molar-refractivity contribution in [1.82, 2.24) is 5.43 Å². The van der Waals surface area contributed by atoms with Crippen LogP contribution >= 0.6 is 0 Å². The van der Waals surface area contributed by atoms with Crippen LogP contribution in [0.25, 0.3) is 0 Å². The number of rotatable bonds is 6. The van der Waals surface area contributed by atoms with Gasteiger partial charge in [0, 0.05) is 24.1 Å². The number of nitrogens with zero attached hydrogens (tertiary/aromatic N) is 1. The third kappa shape index (κ3) is 5.76. The van der Waals surface area contributed by atoms with E-state index in [4.69, 9.17) is 4.74 Å². The van der Waals surface area contributed by atoms with Gasteiger partial charge in [0.1, 0.15) is 18.1 Å². The molecule has 1 aliphatic carbocycles. The van der Waals surface area contributed by atoms with E-state index in [2.05, 4.69) is 49.5 Å². The molecule has 0 aliphatic heterocycles. The summed E-state index contributed by atoms with van der Waals surface area (Å²) >= 11 is 0. The van der Waals surface area contributed by atoms with Gasteiger partial charge < -0.3 is 4.74 Å². The summed E-state index contributed by atoms with van der Waals surface area (Å²) in [5.74, 6) is 1.20. The van der Waals surface area contributed by atoms with Gasteiger partial charge in [-0.05, 0) is 60.6 Å². The number of ketones is 1. The fraction of sp³-hybridized carbons (Fsp3) is 0.375. The first kappa shape index (κ1) is 20.8. The van der Waals surface area contributed by atoms with Crippen molar-refractivity contribution in [1.29, 1.82) is 0 Å². The highest BCUT2D eigenvalue weighted by molar-refractivity contribution is 6.04. The number of amides is 1. The van der Waals surface area contributed by atoms with Gasteiger partial charge in [-0.1, -0.05) is 38.1 Å². The molecular formula is C24H28N2O3. The molecule has 1 N–H and O–H groups in total. The molecule has 0 bridgehead atoms. The number of aryl methyl sites for hydroxylation is 1. The molecule has 0 heterocycles. The van der Waals surface area contributed by atoms with Crippen LogP contribution in [0.15, 0.2) is 47.6 Å². The second kappa shape index (κ2) is 9.50. The lowest BCUT2D eigenvalue weighted by molar-refractivity contribution is -0.118. The Balaban J connectivity index is 1.59. The summed E-state index contributed by atoms with van der Waals surface area (Å²) in [6.45, 7) is 6.79.